The predicted molar refractivity (Wildman–Crippen MR) is 85.1 cm³/mol. The highest BCUT2D eigenvalue weighted by Gasteiger charge is 2.33. The number of anilines is 1. The minimum Gasteiger partial charge on any atom is -0.508 e. The van der Waals surface area contributed by atoms with E-state index in [2.05, 4.69) is 10.2 Å². The topological polar surface area (TPSA) is 93.4 Å². The lowest BCUT2D eigenvalue weighted by molar-refractivity contribution is 0.414. The highest BCUT2D eigenvalue weighted by molar-refractivity contribution is 5.63. The van der Waals surface area contributed by atoms with Gasteiger partial charge in [0.05, 0.1) is 12.7 Å². The lowest BCUT2D eigenvalue weighted by Crippen LogP contribution is -2.12. The number of nitrogens with two attached hydrogens (primary N) is 1. The van der Waals surface area contributed by atoms with Crippen LogP contribution in [0.1, 0.15) is 22.6 Å². The predicted octanol–water partition coefficient (Wildman–Crippen LogP) is 2.99. The summed E-state index contributed by atoms with van der Waals surface area (Å²) in [7, 11) is 1.63. The van der Waals surface area contributed by atoms with Crippen LogP contribution in [-0.4, -0.2) is 22.4 Å². The molecule has 1 aliphatic rings. The molecule has 0 amide bonds. The van der Waals surface area contributed by atoms with Crippen LogP contribution in [-0.2, 0) is 0 Å². The highest BCUT2D eigenvalue weighted by atomic mass is 16.5. The summed E-state index contributed by atoms with van der Waals surface area (Å²) in [4.78, 5) is 0. The lowest BCUT2D eigenvalue weighted by Gasteiger charge is -2.26. The number of nitrogens with zero attached hydrogens (tertiary/aromatic N) is 1. The third-order valence-electron chi connectivity index (χ3n) is 4.05. The number of methoxy groups -OCH3 is 1. The Morgan fingerprint density at radius 3 is 2.74 bits per heavy atom. The van der Waals surface area contributed by atoms with Crippen LogP contribution < -0.4 is 15.2 Å². The summed E-state index contributed by atoms with van der Waals surface area (Å²) in [5, 5.41) is 16.6. The molecule has 3 aromatic rings. The normalized spacial score (nSPS) is 15.4. The maximum Gasteiger partial charge on any atom is 0.244 e. The molecule has 116 valence electrons. The summed E-state index contributed by atoms with van der Waals surface area (Å²) in [6.07, 6.45) is 0. The number of benzene rings is 2. The first-order valence-electron chi connectivity index (χ1n) is 7.16. The van der Waals surface area contributed by atoms with Crippen LogP contribution in [0, 0.1) is 0 Å². The van der Waals surface area contributed by atoms with Gasteiger partial charge in [-0.1, -0.05) is 18.2 Å². The Hall–Kier alpha value is -3.15. The number of hydrogen-bond donors (Lipinski definition) is 3. The molecule has 0 saturated carbocycles. The van der Waals surface area contributed by atoms with E-state index < -0.39 is 0 Å². The number of nitrogens with one attached hydrogen (secondary N) is 1. The second kappa shape index (κ2) is 4.95. The van der Waals surface area contributed by atoms with Gasteiger partial charge < -0.3 is 20.3 Å². The van der Waals surface area contributed by atoms with E-state index in [0.717, 1.165) is 22.4 Å². The first kappa shape index (κ1) is 13.5. The van der Waals surface area contributed by atoms with E-state index in [1.165, 1.54) is 0 Å². The van der Waals surface area contributed by atoms with Crippen molar-refractivity contribution in [3.05, 3.63) is 59.2 Å². The van der Waals surface area contributed by atoms with Crippen molar-refractivity contribution in [1.29, 1.82) is 0 Å². The fraction of sp³-hybridized carbons (Fsp3) is 0.118. The lowest BCUT2D eigenvalue weighted by atomic mass is 9.84. The second-order valence-corrected chi connectivity index (χ2v) is 5.39. The van der Waals surface area contributed by atoms with Gasteiger partial charge in [0.2, 0.25) is 5.88 Å². The van der Waals surface area contributed by atoms with Crippen molar-refractivity contribution in [3.8, 4) is 23.1 Å². The number of aromatic amines is 1. The first-order chi connectivity index (χ1) is 11.2. The average molecular weight is 309 g/mol. The van der Waals surface area contributed by atoms with Gasteiger partial charge in [0, 0.05) is 17.5 Å². The van der Waals surface area contributed by atoms with E-state index in [1.54, 1.807) is 19.2 Å². The fourth-order valence-corrected chi connectivity index (χ4v) is 2.96. The van der Waals surface area contributed by atoms with E-state index in [0.29, 0.717) is 17.4 Å². The van der Waals surface area contributed by atoms with Crippen LogP contribution in [0.5, 0.6) is 23.1 Å². The molecule has 1 unspecified atom stereocenters. The number of phenolic OH excluding ortho intramolecular Hbond substituents is 1. The number of hydrogen-bond acceptors (Lipinski definition) is 5. The minimum atomic E-state index is -0.126. The van der Waals surface area contributed by atoms with Gasteiger partial charge in [-0.25, -0.2) is 0 Å². The van der Waals surface area contributed by atoms with Crippen molar-refractivity contribution >= 4 is 5.82 Å². The molecule has 2 heterocycles. The molecule has 23 heavy (non-hydrogen) atoms. The highest BCUT2D eigenvalue weighted by Crippen LogP contribution is 2.49. The van der Waals surface area contributed by atoms with Gasteiger partial charge in [0.25, 0.3) is 0 Å². The molecule has 0 bridgehead atoms. The molecule has 2 aromatic carbocycles. The molecule has 0 radical (unpaired) electrons. The van der Waals surface area contributed by atoms with Gasteiger partial charge in [0.15, 0.2) is 0 Å². The van der Waals surface area contributed by atoms with Gasteiger partial charge in [-0.05, 0) is 23.8 Å². The Kier molecular flexibility index (Phi) is 2.90. The largest absolute Gasteiger partial charge is 0.508 e. The van der Waals surface area contributed by atoms with E-state index >= 15 is 0 Å². The fourth-order valence-electron chi connectivity index (χ4n) is 2.96. The third-order valence-corrected chi connectivity index (χ3v) is 4.05. The van der Waals surface area contributed by atoms with Crippen molar-refractivity contribution in [2.75, 3.05) is 12.8 Å². The second-order valence-electron chi connectivity index (χ2n) is 5.39. The van der Waals surface area contributed by atoms with E-state index in [9.17, 15) is 5.11 Å². The molecule has 0 fully saturated rings. The molecule has 0 aliphatic carbocycles. The zero-order valence-electron chi connectivity index (χ0n) is 12.4. The zero-order valence-corrected chi connectivity index (χ0v) is 12.4. The molecule has 1 atom stereocenters. The van der Waals surface area contributed by atoms with Gasteiger partial charge in [-0.2, -0.15) is 0 Å². The Morgan fingerprint density at radius 1 is 1.22 bits per heavy atom. The maximum absolute atomic E-state index is 9.72. The van der Waals surface area contributed by atoms with Gasteiger partial charge in [-0.15, -0.1) is 5.10 Å². The number of fused-ring (bicyclic) bond motifs is 2. The smallest absolute Gasteiger partial charge is 0.244 e. The summed E-state index contributed by atoms with van der Waals surface area (Å²) in [6, 6.07) is 12.8. The van der Waals surface area contributed by atoms with Crippen molar-refractivity contribution in [1.82, 2.24) is 10.2 Å². The molecular weight excluding hydrogens is 294 g/mol. The Bertz CT molecular complexity index is 871. The zero-order chi connectivity index (χ0) is 16.0. The van der Waals surface area contributed by atoms with Gasteiger partial charge in [0.1, 0.15) is 23.1 Å². The molecule has 0 spiro atoms. The van der Waals surface area contributed by atoms with Crippen LogP contribution in [0.4, 0.5) is 5.82 Å². The third kappa shape index (κ3) is 2.07. The summed E-state index contributed by atoms with van der Waals surface area (Å²) in [6.45, 7) is 0. The number of aromatic nitrogens is 2. The molecule has 0 saturated heterocycles. The van der Waals surface area contributed by atoms with Crippen molar-refractivity contribution in [2.45, 2.75) is 5.92 Å². The first-order valence-corrected chi connectivity index (χ1v) is 7.16. The van der Waals surface area contributed by atoms with Crippen LogP contribution in [0.15, 0.2) is 42.5 Å². The number of phenols is 1. The summed E-state index contributed by atoms with van der Waals surface area (Å²) >= 11 is 0. The summed E-state index contributed by atoms with van der Waals surface area (Å²) < 4.78 is 11.0. The number of aromatic hydroxyl groups is 1. The number of H-pyrrole nitrogens is 1. The van der Waals surface area contributed by atoms with E-state index in [-0.39, 0.29) is 11.7 Å². The number of ether oxygens (including phenoxy) is 2. The quantitative estimate of drug-likeness (QED) is 0.529. The van der Waals surface area contributed by atoms with Crippen LogP contribution >= 0.6 is 0 Å². The van der Waals surface area contributed by atoms with Crippen LogP contribution in [0.25, 0.3) is 0 Å². The summed E-state index contributed by atoms with van der Waals surface area (Å²) in [5.74, 6) is 2.28. The molecule has 6 nitrogen and oxygen atoms in total. The monoisotopic (exact) mass is 309 g/mol. The molecular formula is C17H15N3O3. The molecule has 4 rings (SSSR count). The van der Waals surface area contributed by atoms with Crippen LogP contribution in [0.3, 0.4) is 0 Å². The minimum absolute atomic E-state index is 0.126. The van der Waals surface area contributed by atoms with Crippen molar-refractivity contribution < 1.29 is 14.6 Å². The Balaban J connectivity index is 1.92. The SMILES string of the molecule is COc1ccc(C2c3ccc(O)cc3Oc3n[nH]c(N)c32)cc1. The Morgan fingerprint density at radius 2 is 2.00 bits per heavy atom. The van der Waals surface area contributed by atoms with Gasteiger partial charge >= 0.3 is 0 Å². The molecule has 1 aromatic heterocycles. The molecule has 1 aliphatic heterocycles. The molecule has 4 N–H and O–H groups in total. The van der Waals surface area contributed by atoms with Crippen LogP contribution in [0.2, 0.25) is 0 Å². The maximum atomic E-state index is 9.72. The molecule has 6 heteroatoms. The average Bonchev–Trinajstić information content (AvgIpc) is 2.93. The summed E-state index contributed by atoms with van der Waals surface area (Å²) in [5.41, 5.74) is 8.82. The number of nitrogen functional groups attached to an aromatic ring is 1. The van der Waals surface area contributed by atoms with Crippen molar-refractivity contribution in [3.63, 3.8) is 0 Å². The van der Waals surface area contributed by atoms with Crippen molar-refractivity contribution in [2.24, 2.45) is 0 Å². The van der Waals surface area contributed by atoms with E-state index in [1.807, 2.05) is 30.3 Å². The Labute approximate surface area is 132 Å². The van der Waals surface area contributed by atoms with Gasteiger partial charge in [-0.3, -0.25) is 5.10 Å². The number of rotatable bonds is 2. The standard InChI is InChI=1S/C17H15N3O3/c1-22-11-5-2-9(3-6-11)14-12-7-4-10(21)8-13(12)23-17-15(14)16(18)19-20-17/h2-8,14,21H,1H3,(H3,18,19,20). The van der Waals surface area contributed by atoms with E-state index in [4.69, 9.17) is 15.2 Å².